The molecule has 1 atom stereocenters. The molecule has 0 aromatic heterocycles. The molecule has 0 radical (unpaired) electrons. The van der Waals surface area contributed by atoms with Crippen LogP contribution in [0.3, 0.4) is 0 Å². The fourth-order valence-corrected chi connectivity index (χ4v) is 4.86. The Kier molecular flexibility index (Phi) is 7.19. The topological polar surface area (TPSA) is 94.2 Å². The van der Waals surface area contributed by atoms with Crippen molar-refractivity contribution in [1.29, 1.82) is 0 Å². The summed E-state index contributed by atoms with van der Waals surface area (Å²) in [6, 6.07) is 9.73. The molecule has 1 saturated heterocycles. The van der Waals surface area contributed by atoms with Crippen molar-refractivity contribution in [2.75, 3.05) is 40.5 Å². The molecule has 8 nitrogen and oxygen atoms in total. The second kappa shape index (κ2) is 9.67. The number of methoxy groups -OCH3 is 2. The van der Waals surface area contributed by atoms with Crippen molar-refractivity contribution < 1.29 is 27.4 Å². The Hall–Kier alpha value is -2.62. The van der Waals surface area contributed by atoms with Gasteiger partial charge in [0.15, 0.2) is 11.5 Å². The van der Waals surface area contributed by atoms with Crippen molar-refractivity contribution in [3.63, 3.8) is 0 Å². The van der Waals surface area contributed by atoms with E-state index in [0.29, 0.717) is 48.9 Å². The number of benzene rings is 2. The van der Waals surface area contributed by atoms with E-state index in [1.165, 1.54) is 16.4 Å². The van der Waals surface area contributed by atoms with Crippen LogP contribution >= 0.6 is 0 Å². The lowest BCUT2D eigenvalue weighted by atomic mass is 10.1. The summed E-state index contributed by atoms with van der Waals surface area (Å²) in [6.07, 6.45) is 0. The number of sulfonamides is 1. The first-order chi connectivity index (χ1) is 14.8. The van der Waals surface area contributed by atoms with Crippen molar-refractivity contribution in [3.8, 4) is 11.5 Å². The molecule has 0 aliphatic carbocycles. The molecule has 0 saturated carbocycles. The lowest BCUT2D eigenvalue weighted by Crippen LogP contribution is -2.40. The lowest BCUT2D eigenvalue weighted by molar-refractivity contribution is 0.0730. The molecule has 1 N–H and O–H groups in total. The number of nitrogens with one attached hydrogen (secondary N) is 1. The lowest BCUT2D eigenvalue weighted by Gasteiger charge is -2.26. The number of carbonyl (C=O) groups excluding carboxylic acids is 1. The summed E-state index contributed by atoms with van der Waals surface area (Å²) < 4.78 is 43.1. The van der Waals surface area contributed by atoms with Crippen LogP contribution in [0, 0.1) is 6.92 Å². The van der Waals surface area contributed by atoms with E-state index >= 15 is 0 Å². The van der Waals surface area contributed by atoms with Gasteiger partial charge in [0.1, 0.15) is 0 Å². The van der Waals surface area contributed by atoms with Gasteiger partial charge in [-0.05, 0) is 49.2 Å². The molecule has 0 unspecified atom stereocenters. The number of ether oxygens (including phenoxy) is 3. The Morgan fingerprint density at radius 2 is 1.74 bits per heavy atom. The molecule has 2 aromatic carbocycles. The Morgan fingerprint density at radius 1 is 1.06 bits per heavy atom. The van der Waals surface area contributed by atoms with E-state index in [9.17, 15) is 13.2 Å². The van der Waals surface area contributed by atoms with E-state index in [1.807, 2.05) is 13.0 Å². The fourth-order valence-electron chi connectivity index (χ4n) is 3.42. The number of hydrogen-bond acceptors (Lipinski definition) is 6. The molecule has 168 valence electrons. The Morgan fingerprint density at radius 3 is 2.39 bits per heavy atom. The number of amides is 1. The number of aryl methyl sites for hydroxylation is 1. The maximum absolute atomic E-state index is 13.0. The maximum Gasteiger partial charge on any atom is 0.252 e. The van der Waals surface area contributed by atoms with Crippen molar-refractivity contribution in [3.05, 3.63) is 53.1 Å². The van der Waals surface area contributed by atoms with E-state index in [2.05, 4.69) is 5.32 Å². The van der Waals surface area contributed by atoms with E-state index in [-0.39, 0.29) is 16.8 Å². The van der Waals surface area contributed by atoms with Crippen LogP contribution in [-0.4, -0.2) is 59.2 Å². The molecule has 9 heteroatoms. The normalized spacial score (nSPS) is 15.9. The Balaban J connectivity index is 1.82. The molecule has 3 rings (SSSR count). The van der Waals surface area contributed by atoms with Gasteiger partial charge in [0.2, 0.25) is 10.0 Å². The number of nitrogens with zero attached hydrogens (tertiary/aromatic N) is 1. The second-order valence-corrected chi connectivity index (χ2v) is 9.24. The maximum atomic E-state index is 13.0. The van der Waals surface area contributed by atoms with E-state index in [1.54, 1.807) is 39.3 Å². The molecule has 1 fully saturated rings. The number of morpholine rings is 1. The van der Waals surface area contributed by atoms with Crippen LogP contribution in [0.2, 0.25) is 0 Å². The van der Waals surface area contributed by atoms with Crippen molar-refractivity contribution in [2.24, 2.45) is 0 Å². The smallest absolute Gasteiger partial charge is 0.252 e. The summed E-state index contributed by atoms with van der Waals surface area (Å²) in [6.45, 7) is 4.95. The first kappa shape index (κ1) is 23.1. The summed E-state index contributed by atoms with van der Waals surface area (Å²) >= 11 is 0. The van der Waals surface area contributed by atoms with Crippen LogP contribution in [0.15, 0.2) is 41.3 Å². The fraction of sp³-hybridized carbons (Fsp3) is 0.409. The summed E-state index contributed by atoms with van der Waals surface area (Å²) in [4.78, 5) is 13.1. The van der Waals surface area contributed by atoms with Gasteiger partial charge in [0, 0.05) is 18.7 Å². The van der Waals surface area contributed by atoms with Gasteiger partial charge < -0.3 is 19.5 Å². The molecule has 0 spiro atoms. The van der Waals surface area contributed by atoms with E-state index in [4.69, 9.17) is 14.2 Å². The molecule has 0 bridgehead atoms. The van der Waals surface area contributed by atoms with Crippen LogP contribution in [0.25, 0.3) is 0 Å². The van der Waals surface area contributed by atoms with Crippen LogP contribution < -0.4 is 14.8 Å². The minimum absolute atomic E-state index is 0.101. The average molecular weight is 449 g/mol. The van der Waals surface area contributed by atoms with Crippen molar-refractivity contribution in [1.82, 2.24) is 9.62 Å². The number of hydrogen-bond donors (Lipinski definition) is 1. The molecular formula is C22H28N2O6S. The molecule has 1 heterocycles. The summed E-state index contributed by atoms with van der Waals surface area (Å²) in [7, 11) is -0.580. The van der Waals surface area contributed by atoms with Crippen LogP contribution in [0.4, 0.5) is 0 Å². The average Bonchev–Trinajstić information content (AvgIpc) is 2.79. The summed E-state index contributed by atoms with van der Waals surface area (Å²) in [5.74, 6) is 0.816. The van der Waals surface area contributed by atoms with Crippen molar-refractivity contribution >= 4 is 15.9 Å². The van der Waals surface area contributed by atoms with Gasteiger partial charge in [0.25, 0.3) is 5.91 Å². The Bertz CT molecular complexity index is 1050. The van der Waals surface area contributed by atoms with Gasteiger partial charge in [0.05, 0.1) is 38.4 Å². The molecule has 1 aliphatic rings. The second-order valence-electron chi connectivity index (χ2n) is 7.30. The Labute approximate surface area is 183 Å². The van der Waals surface area contributed by atoms with Crippen LogP contribution in [-0.2, 0) is 14.8 Å². The zero-order chi connectivity index (χ0) is 22.6. The minimum Gasteiger partial charge on any atom is -0.493 e. The first-order valence-electron chi connectivity index (χ1n) is 9.99. The monoisotopic (exact) mass is 448 g/mol. The molecule has 1 aliphatic heterocycles. The van der Waals surface area contributed by atoms with Gasteiger partial charge in [-0.1, -0.05) is 12.1 Å². The quantitative estimate of drug-likeness (QED) is 0.700. The third kappa shape index (κ3) is 5.00. The largest absolute Gasteiger partial charge is 0.493 e. The van der Waals surface area contributed by atoms with Gasteiger partial charge in [-0.3, -0.25) is 4.79 Å². The summed E-state index contributed by atoms with van der Waals surface area (Å²) in [5, 5.41) is 2.94. The SMILES string of the molecule is COc1ccc([C@H](C)NC(=O)c2cc(S(=O)(=O)N3CCOCC3)ccc2C)cc1OC. The highest BCUT2D eigenvalue weighted by atomic mass is 32.2. The van der Waals surface area contributed by atoms with Crippen LogP contribution in [0.1, 0.15) is 34.5 Å². The van der Waals surface area contributed by atoms with Crippen molar-refractivity contribution in [2.45, 2.75) is 24.8 Å². The summed E-state index contributed by atoms with van der Waals surface area (Å²) in [5.41, 5.74) is 1.85. The predicted octanol–water partition coefficient (Wildman–Crippen LogP) is 2.52. The highest BCUT2D eigenvalue weighted by Crippen LogP contribution is 2.30. The molecular weight excluding hydrogens is 420 g/mol. The molecule has 1 amide bonds. The van der Waals surface area contributed by atoms with Gasteiger partial charge in [-0.2, -0.15) is 4.31 Å². The third-order valence-electron chi connectivity index (χ3n) is 5.32. The minimum atomic E-state index is -3.69. The van der Waals surface area contributed by atoms with Crippen LogP contribution in [0.5, 0.6) is 11.5 Å². The van der Waals surface area contributed by atoms with E-state index < -0.39 is 10.0 Å². The molecule has 31 heavy (non-hydrogen) atoms. The molecule has 2 aromatic rings. The van der Waals surface area contributed by atoms with Gasteiger partial charge in [-0.15, -0.1) is 0 Å². The zero-order valence-corrected chi connectivity index (χ0v) is 19.0. The highest BCUT2D eigenvalue weighted by molar-refractivity contribution is 7.89. The van der Waals surface area contributed by atoms with Gasteiger partial charge >= 0.3 is 0 Å². The van der Waals surface area contributed by atoms with Gasteiger partial charge in [-0.25, -0.2) is 8.42 Å². The van der Waals surface area contributed by atoms with E-state index in [0.717, 1.165) is 5.56 Å². The first-order valence-corrected chi connectivity index (χ1v) is 11.4. The predicted molar refractivity (Wildman–Crippen MR) is 116 cm³/mol. The zero-order valence-electron chi connectivity index (χ0n) is 18.2. The number of rotatable bonds is 7. The third-order valence-corrected chi connectivity index (χ3v) is 7.21. The number of carbonyl (C=O) groups is 1. The standard InChI is InChI=1S/C22H28N2O6S/c1-15-5-7-18(31(26,27)24-9-11-30-12-10-24)14-19(15)22(25)23-16(2)17-6-8-20(28-3)21(13-17)29-4/h5-8,13-14,16H,9-12H2,1-4H3,(H,23,25)/t16-/m0/s1. The highest BCUT2D eigenvalue weighted by Gasteiger charge is 2.27.